The molecule has 1 aromatic heterocycles. The first-order valence-corrected chi connectivity index (χ1v) is 8.89. The summed E-state index contributed by atoms with van der Waals surface area (Å²) in [5, 5.41) is 26.6. The van der Waals surface area contributed by atoms with Gasteiger partial charge in [-0.05, 0) is 47.7 Å². The number of phenols is 1. The summed E-state index contributed by atoms with van der Waals surface area (Å²) >= 11 is 12.1. The standard InChI is InChI=1S/C17H13Cl2N5O5/c1-2-22(12-7-6-9(15(26)27)8-13(12)25)16(28)24-17(29)23(20-21-24)14-10(18)4-3-5-11(14)19/h3-8,25H,2H2,1H3,(H,26,27). The fourth-order valence-electron chi connectivity index (χ4n) is 2.61. The van der Waals surface area contributed by atoms with E-state index in [9.17, 15) is 19.5 Å². The van der Waals surface area contributed by atoms with Crippen molar-refractivity contribution in [1.29, 1.82) is 0 Å². The molecule has 0 aliphatic carbocycles. The van der Waals surface area contributed by atoms with Gasteiger partial charge in [0.15, 0.2) is 0 Å². The van der Waals surface area contributed by atoms with Crippen LogP contribution in [0.15, 0.2) is 41.2 Å². The zero-order chi connectivity index (χ0) is 21.3. The Hall–Kier alpha value is -3.37. The number of aromatic hydroxyl groups is 1. The third-order valence-electron chi connectivity index (χ3n) is 3.97. The molecule has 3 aromatic rings. The number of carboxylic acids is 1. The SMILES string of the molecule is CCN(C(=O)n1nnn(-c2c(Cl)cccc2Cl)c1=O)c1ccc(C(=O)O)cc1O. The van der Waals surface area contributed by atoms with Gasteiger partial charge in [-0.2, -0.15) is 4.68 Å². The largest absolute Gasteiger partial charge is 0.506 e. The Morgan fingerprint density at radius 1 is 1.14 bits per heavy atom. The summed E-state index contributed by atoms with van der Waals surface area (Å²) in [6, 6.07) is 7.13. The van der Waals surface area contributed by atoms with E-state index in [1.165, 1.54) is 24.3 Å². The summed E-state index contributed by atoms with van der Waals surface area (Å²) in [4.78, 5) is 37.6. The molecule has 12 heteroatoms. The van der Waals surface area contributed by atoms with Crippen molar-refractivity contribution in [2.45, 2.75) is 6.92 Å². The molecule has 3 rings (SSSR count). The highest BCUT2D eigenvalue weighted by molar-refractivity contribution is 6.37. The summed E-state index contributed by atoms with van der Waals surface area (Å²) in [7, 11) is 0. The maximum atomic E-state index is 12.9. The first-order valence-electron chi connectivity index (χ1n) is 8.13. The summed E-state index contributed by atoms with van der Waals surface area (Å²) in [6.45, 7) is 1.65. The number of aromatic carboxylic acids is 1. The number of carbonyl (C=O) groups excluding carboxylic acids is 1. The highest BCUT2D eigenvalue weighted by atomic mass is 35.5. The van der Waals surface area contributed by atoms with E-state index in [-0.39, 0.29) is 33.5 Å². The van der Waals surface area contributed by atoms with Crippen molar-refractivity contribution in [2.75, 3.05) is 11.4 Å². The molecule has 10 nitrogen and oxygen atoms in total. The van der Waals surface area contributed by atoms with Crippen molar-refractivity contribution < 1.29 is 19.8 Å². The van der Waals surface area contributed by atoms with Gasteiger partial charge in [-0.1, -0.05) is 29.3 Å². The number of anilines is 1. The zero-order valence-corrected chi connectivity index (χ0v) is 16.3. The topological polar surface area (TPSA) is 131 Å². The molecule has 2 aromatic carbocycles. The number of phenolic OH excluding ortho intramolecular Hbond substituents is 1. The second-order valence-corrected chi connectivity index (χ2v) is 6.51. The van der Waals surface area contributed by atoms with Crippen molar-refractivity contribution >= 4 is 40.9 Å². The lowest BCUT2D eigenvalue weighted by molar-refractivity contribution is 0.0696. The van der Waals surface area contributed by atoms with Gasteiger partial charge in [0.25, 0.3) is 0 Å². The minimum atomic E-state index is -1.24. The van der Waals surface area contributed by atoms with Crippen molar-refractivity contribution in [1.82, 2.24) is 19.8 Å². The minimum absolute atomic E-state index is 0.000254. The highest BCUT2D eigenvalue weighted by Gasteiger charge is 2.25. The number of benzene rings is 2. The van der Waals surface area contributed by atoms with Crippen LogP contribution in [-0.4, -0.2) is 48.5 Å². The fourth-order valence-corrected chi connectivity index (χ4v) is 3.16. The van der Waals surface area contributed by atoms with E-state index in [4.69, 9.17) is 28.3 Å². The maximum Gasteiger partial charge on any atom is 0.377 e. The lowest BCUT2D eigenvalue weighted by Crippen LogP contribution is -2.41. The number of tetrazole rings is 1. The van der Waals surface area contributed by atoms with Crippen LogP contribution in [0.25, 0.3) is 5.69 Å². The van der Waals surface area contributed by atoms with Gasteiger partial charge in [0.05, 0.1) is 21.3 Å². The number of para-hydroxylation sites is 1. The average Bonchev–Trinajstić information content (AvgIpc) is 3.04. The second-order valence-electron chi connectivity index (χ2n) is 5.69. The van der Waals surface area contributed by atoms with Crippen LogP contribution in [0.5, 0.6) is 5.75 Å². The van der Waals surface area contributed by atoms with Crippen molar-refractivity contribution in [3.05, 3.63) is 62.5 Å². The molecule has 0 unspecified atom stereocenters. The third-order valence-corrected chi connectivity index (χ3v) is 4.58. The van der Waals surface area contributed by atoms with Gasteiger partial charge in [0, 0.05) is 6.54 Å². The molecule has 0 aliphatic rings. The molecule has 0 bridgehead atoms. The zero-order valence-electron chi connectivity index (χ0n) is 14.8. The van der Waals surface area contributed by atoms with Gasteiger partial charge in [0.2, 0.25) is 0 Å². The Labute approximate surface area is 173 Å². The van der Waals surface area contributed by atoms with E-state index in [0.717, 1.165) is 15.6 Å². The Balaban J connectivity index is 2.03. The van der Waals surface area contributed by atoms with Gasteiger partial charge in [0.1, 0.15) is 11.4 Å². The van der Waals surface area contributed by atoms with Gasteiger partial charge in [-0.15, -0.1) is 4.68 Å². The molecule has 0 atom stereocenters. The van der Waals surface area contributed by atoms with Crippen LogP contribution >= 0.6 is 23.2 Å². The molecule has 1 amide bonds. The van der Waals surface area contributed by atoms with Crippen LogP contribution in [-0.2, 0) is 0 Å². The van der Waals surface area contributed by atoms with E-state index in [1.54, 1.807) is 13.0 Å². The van der Waals surface area contributed by atoms with Crippen LogP contribution in [0, 0.1) is 0 Å². The quantitative estimate of drug-likeness (QED) is 0.599. The van der Waals surface area contributed by atoms with E-state index < -0.39 is 23.4 Å². The normalized spacial score (nSPS) is 10.7. The van der Waals surface area contributed by atoms with E-state index in [2.05, 4.69) is 10.4 Å². The second kappa shape index (κ2) is 7.94. The number of halogens is 2. The number of hydrogen-bond acceptors (Lipinski definition) is 6. The number of aromatic nitrogens is 4. The number of carboxylic acid groups (broad SMARTS) is 1. The molecular weight excluding hydrogens is 425 g/mol. The summed E-state index contributed by atoms with van der Waals surface area (Å²) in [6.07, 6.45) is 0. The van der Waals surface area contributed by atoms with Crippen molar-refractivity contribution in [3.8, 4) is 11.4 Å². The van der Waals surface area contributed by atoms with Gasteiger partial charge in [-0.3, -0.25) is 4.90 Å². The van der Waals surface area contributed by atoms with Crippen LogP contribution in [0.2, 0.25) is 10.0 Å². The molecule has 0 spiro atoms. The van der Waals surface area contributed by atoms with Crippen molar-refractivity contribution in [2.24, 2.45) is 0 Å². The van der Waals surface area contributed by atoms with E-state index >= 15 is 0 Å². The first kappa shape index (κ1) is 20.4. The molecule has 0 aliphatic heterocycles. The summed E-state index contributed by atoms with van der Waals surface area (Å²) in [5.74, 6) is -1.69. The fraction of sp³-hybridized carbons (Fsp3) is 0.118. The highest BCUT2D eigenvalue weighted by Crippen LogP contribution is 2.29. The Morgan fingerprint density at radius 3 is 2.34 bits per heavy atom. The molecule has 0 saturated heterocycles. The summed E-state index contributed by atoms with van der Waals surface area (Å²) in [5.41, 5.74) is -1.02. The minimum Gasteiger partial charge on any atom is -0.506 e. The molecule has 1 heterocycles. The van der Waals surface area contributed by atoms with Crippen LogP contribution in [0.1, 0.15) is 17.3 Å². The predicted octanol–water partition coefficient (Wildman–Crippen LogP) is 2.63. The first-order chi connectivity index (χ1) is 13.8. The Bertz CT molecular complexity index is 1150. The van der Waals surface area contributed by atoms with Crippen molar-refractivity contribution in [3.63, 3.8) is 0 Å². The number of amides is 1. The smallest absolute Gasteiger partial charge is 0.377 e. The predicted molar refractivity (Wildman–Crippen MR) is 105 cm³/mol. The van der Waals surface area contributed by atoms with Crippen LogP contribution in [0.3, 0.4) is 0 Å². The van der Waals surface area contributed by atoms with Crippen LogP contribution < -0.4 is 10.6 Å². The Morgan fingerprint density at radius 2 is 1.79 bits per heavy atom. The Kier molecular flexibility index (Phi) is 5.57. The summed E-state index contributed by atoms with van der Waals surface area (Å²) < 4.78 is 1.26. The molecule has 2 N–H and O–H groups in total. The molecule has 0 radical (unpaired) electrons. The monoisotopic (exact) mass is 437 g/mol. The lowest BCUT2D eigenvalue weighted by atomic mass is 10.2. The number of nitrogens with zero attached hydrogens (tertiary/aromatic N) is 5. The van der Waals surface area contributed by atoms with Gasteiger partial charge >= 0.3 is 17.7 Å². The molecule has 29 heavy (non-hydrogen) atoms. The average molecular weight is 438 g/mol. The molecular formula is C17H13Cl2N5O5. The molecule has 150 valence electrons. The third kappa shape index (κ3) is 3.67. The van der Waals surface area contributed by atoms with E-state index in [0.29, 0.717) is 4.68 Å². The number of carbonyl (C=O) groups is 2. The van der Waals surface area contributed by atoms with E-state index in [1.807, 2.05) is 0 Å². The molecule has 0 saturated carbocycles. The molecule has 0 fully saturated rings. The lowest BCUT2D eigenvalue weighted by Gasteiger charge is -2.20. The van der Waals surface area contributed by atoms with Gasteiger partial charge < -0.3 is 10.2 Å². The van der Waals surface area contributed by atoms with Gasteiger partial charge in [-0.25, -0.2) is 14.4 Å². The maximum absolute atomic E-state index is 12.9. The number of rotatable bonds is 4. The number of hydrogen-bond donors (Lipinski definition) is 2. The van der Waals surface area contributed by atoms with Crippen LogP contribution in [0.4, 0.5) is 10.5 Å².